The van der Waals surface area contributed by atoms with Crippen molar-refractivity contribution < 1.29 is 4.74 Å². The molecule has 0 saturated heterocycles. The predicted molar refractivity (Wildman–Crippen MR) is 53.4 cm³/mol. The minimum Gasteiger partial charge on any atom is -0.465 e. The fraction of sp³-hybridized carbons (Fsp3) is 0. The smallest absolute Gasteiger partial charge is 0.127 e. The van der Waals surface area contributed by atoms with Gasteiger partial charge in [0.15, 0.2) is 0 Å². The first-order valence-corrected chi connectivity index (χ1v) is 4.09. The molecule has 0 unspecified atom stereocenters. The van der Waals surface area contributed by atoms with Gasteiger partial charge in [0.25, 0.3) is 0 Å². The van der Waals surface area contributed by atoms with E-state index in [1.165, 1.54) is 11.6 Å². The molecule has 63 valence electrons. The van der Waals surface area contributed by atoms with E-state index < -0.39 is 0 Å². The van der Waals surface area contributed by atoms with Crippen LogP contribution in [0.25, 0.3) is 10.8 Å². The summed E-state index contributed by atoms with van der Waals surface area (Å²) in [6.07, 6.45) is 1.18. The molecule has 1 heteroatoms. The molecule has 0 bridgehead atoms. The third-order valence-corrected chi connectivity index (χ3v) is 1.93. The van der Waals surface area contributed by atoms with Crippen LogP contribution in [0.1, 0.15) is 0 Å². The summed E-state index contributed by atoms with van der Waals surface area (Å²) in [5, 5.41) is 2.36. The van der Waals surface area contributed by atoms with Crippen molar-refractivity contribution >= 4 is 10.8 Å². The van der Waals surface area contributed by atoms with Crippen molar-refractivity contribution in [2.45, 2.75) is 0 Å². The van der Waals surface area contributed by atoms with Gasteiger partial charge in [-0.2, -0.15) is 0 Å². The average molecular weight is 169 g/mol. The molecule has 0 aliphatic rings. The Hall–Kier alpha value is -1.76. The Balaban J connectivity index is 2.55. The van der Waals surface area contributed by atoms with E-state index in [2.05, 4.69) is 6.07 Å². The van der Waals surface area contributed by atoms with Gasteiger partial charge in [0, 0.05) is 0 Å². The molecule has 0 heterocycles. The quantitative estimate of drug-likeness (QED) is 0.627. The highest BCUT2D eigenvalue weighted by molar-refractivity contribution is 5.83. The Morgan fingerprint density at radius 3 is 2.54 bits per heavy atom. The summed E-state index contributed by atoms with van der Waals surface area (Å²) in [4.78, 5) is 0. The topological polar surface area (TPSA) is 9.23 Å². The molecule has 0 N–H and O–H groups in total. The second-order valence-corrected chi connectivity index (χ2v) is 2.76. The summed E-state index contributed by atoms with van der Waals surface area (Å²) in [6.45, 7) is 5.16. The number of hydrogen-bond donors (Lipinski definition) is 0. The minimum absolute atomic E-state index is 0.765. The van der Waals surface area contributed by atoms with Gasteiger partial charge in [-0.25, -0.2) is 0 Å². The van der Waals surface area contributed by atoms with E-state index in [4.69, 9.17) is 11.3 Å². The maximum absolute atomic E-state index is 5.16. The third kappa shape index (κ3) is 1.54. The molecule has 0 saturated carbocycles. The molecule has 0 atom stereocenters. The van der Waals surface area contributed by atoms with Gasteiger partial charge in [-0.1, -0.05) is 30.3 Å². The van der Waals surface area contributed by atoms with Gasteiger partial charge in [0.1, 0.15) is 5.75 Å². The summed E-state index contributed by atoms with van der Waals surface area (Å²) < 4.78 is 5.07. The Kier molecular flexibility index (Phi) is 2.01. The van der Waals surface area contributed by atoms with Crippen LogP contribution in [0.2, 0.25) is 0 Å². The van der Waals surface area contributed by atoms with Gasteiger partial charge >= 0.3 is 0 Å². The molecule has 2 aromatic carbocycles. The Bertz CT molecular complexity index is 432. The first-order chi connectivity index (χ1) is 6.40. The lowest BCUT2D eigenvalue weighted by atomic mass is 10.1. The number of benzene rings is 2. The lowest BCUT2D eigenvalue weighted by Gasteiger charge is -2.01. The van der Waals surface area contributed by atoms with E-state index in [1.807, 2.05) is 36.4 Å². The van der Waals surface area contributed by atoms with Crippen molar-refractivity contribution in [3.05, 3.63) is 55.3 Å². The van der Waals surface area contributed by atoms with E-state index in [1.54, 1.807) is 0 Å². The van der Waals surface area contributed by atoms with Gasteiger partial charge < -0.3 is 4.74 Å². The number of rotatable bonds is 2. The molecule has 13 heavy (non-hydrogen) atoms. The minimum atomic E-state index is 0.765. The lowest BCUT2D eigenvalue weighted by molar-refractivity contribution is 0.483. The van der Waals surface area contributed by atoms with Crippen molar-refractivity contribution in [3.8, 4) is 5.75 Å². The molecule has 0 aliphatic carbocycles. The van der Waals surface area contributed by atoms with Crippen LogP contribution >= 0.6 is 0 Å². The normalized spacial score (nSPS) is 9.85. The molecular formula is C12H9O. The summed E-state index contributed by atoms with van der Waals surface area (Å²) in [6, 6.07) is 14.0. The maximum Gasteiger partial charge on any atom is 0.127 e. The molecule has 1 radical (unpaired) electrons. The first kappa shape index (κ1) is 7.87. The van der Waals surface area contributed by atoms with Crippen LogP contribution in [-0.2, 0) is 0 Å². The Labute approximate surface area is 77.3 Å². The second-order valence-electron chi connectivity index (χ2n) is 2.76. The van der Waals surface area contributed by atoms with E-state index in [9.17, 15) is 0 Å². The number of ether oxygens (including phenoxy) is 1. The number of fused-ring (bicyclic) bond motifs is 1. The van der Waals surface area contributed by atoms with Crippen molar-refractivity contribution in [1.29, 1.82) is 0 Å². The standard InChI is InChI=1S/C12H9O/c1-2-13-12-8-7-10-5-3-4-6-11(10)9-12/h1-9H. The van der Waals surface area contributed by atoms with Crippen molar-refractivity contribution in [3.63, 3.8) is 0 Å². The van der Waals surface area contributed by atoms with Crippen molar-refractivity contribution in [1.82, 2.24) is 0 Å². The van der Waals surface area contributed by atoms with E-state index in [0.717, 1.165) is 11.1 Å². The van der Waals surface area contributed by atoms with Gasteiger partial charge in [-0.05, 0) is 29.5 Å². The third-order valence-electron chi connectivity index (χ3n) is 1.93. The summed E-state index contributed by atoms with van der Waals surface area (Å²) in [5.41, 5.74) is 0. The zero-order valence-electron chi connectivity index (χ0n) is 7.10. The van der Waals surface area contributed by atoms with Crippen LogP contribution in [-0.4, -0.2) is 0 Å². The van der Waals surface area contributed by atoms with Crippen LogP contribution in [0.5, 0.6) is 5.75 Å². The van der Waals surface area contributed by atoms with Crippen LogP contribution in [0.15, 0.2) is 48.7 Å². The predicted octanol–water partition coefficient (Wildman–Crippen LogP) is 3.17. The molecule has 0 fully saturated rings. The number of hydrogen-bond acceptors (Lipinski definition) is 1. The van der Waals surface area contributed by atoms with Crippen LogP contribution in [0.3, 0.4) is 0 Å². The molecule has 0 aromatic heterocycles. The zero-order chi connectivity index (χ0) is 9.10. The van der Waals surface area contributed by atoms with Crippen LogP contribution in [0, 0.1) is 6.58 Å². The van der Waals surface area contributed by atoms with E-state index in [0.29, 0.717) is 0 Å². The SMILES string of the molecule is [CH]=COc1ccc2ccccc2c1. The molecule has 0 spiro atoms. The summed E-state index contributed by atoms with van der Waals surface area (Å²) >= 11 is 0. The summed E-state index contributed by atoms with van der Waals surface area (Å²) in [7, 11) is 0. The van der Waals surface area contributed by atoms with Gasteiger partial charge in [0.2, 0.25) is 0 Å². The van der Waals surface area contributed by atoms with Crippen LogP contribution < -0.4 is 4.74 Å². The molecule has 0 aliphatic heterocycles. The van der Waals surface area contributed by atoms with Gasteiger partial charge in [0.05, 0.1) is 6.26 Å². The molecular weight excluding hydrogens is 160 g/mol. The molecule has 1 nitrogen and oxygen atoms in total. The monoisotopic (exact) mass is 169 g/mol. The zero-order valence-corrected chi connectivity index (χ0v) is 7.10. The van der Waals surface area contributed by atoms with Gasteiger partial charge in [-0.3, -0.25) is 0 Å². The highest BCUT2D eigenvalue weighted by Crippen LogP contribution is 2.20. The fourth-order valence-electron chi connectivity index (χ4n) is 1.32. The Morgan fingerprint density at radius 1 is 1.00 bits per heavy atom. The van der Waals surface area contributed by atoms with E-state index in [-0.39, 0.29) is 0 Å². The van der Waals surface area contributed by atoms with Gasteiger partial charge in [-0.15, -0.1) is 0 Å². The maximum atomic E-state index is 5.16. The van der Waals surface area contributed by atoms with E-state index >= 15 is 0 Å². The second kappa shape index (κ2) is 3.31. The first-order valence-electron chi connectivity index (χ1n) is 4.09. The Morgan fingerprint density at radius 2 is 1.77 bits per heavy atom. The summed E-state index contributed by atoms with van der Waals surface area (Å²) in [5.74, 6) is 0.765. The molecule has 2 aromatic rings. The highest BCUT2D eigenvalue weighted by atomic mass is 16.5. The average Bonchev–Trinajstić information content (AvgIpc) is 2.18. The largest absolute Gasteiger partial charge is 0.465 e. The van der Waals surface area contributed by atoms with Crippen molar-refractivity contribution in [2.75, 3.05) is 0 Å². The fourth-order valence-corrected chi connectivity index (χ4v) is 1.32. The molecule has 0 amide bonds. The molecule has 2 rings (SSSR count). The van der Waals surface area contributed by atoms with Crippen molar-refractivity contribution in [2.24, 2.45) is 0 Å². The lowest BCUT2D eigenvalue weighted by Crippen LogP contribution is -1.80. The van der Waals surface area contributed by atoms with Crippen LogP contribution in [0.4, 0.5) is 0 Å². The highest BCUT2D eigenvalue weighted by Gasteiger charge is 1.94.